The van der Waals surface area contributed by atoms with Crippen molar-refractivity contribution >= 4 is 43.4 Å². The molecule has 1 heterocycles. The summed E-state index contributed by atoms with van der Waals surface area (Å²) in [6.45, 7) is 1.85. The third kappa shape index (κ3) is 4.87. The van der Waals surface area contributed by atoms with E-state index in [4.69, 9.17) is 4.74 Å². The Hall–Kier alpha value is -3.09. The van der Waals surface area contributed by atoms with Crippen molar-refractivity contribution in [2.45, 2.75) is 6.92 Å². The average Bonchev–Trinajstić information content (AvgIpc) is 2.79. The van der Waals surface area contributed by atoms with E-state index in [1.807, 2.05) is 19.1 Å². The van der Waals surface area contributed by atoms with Crippen molar-refractivity contribution in [3.8, 4) is 11.6 Å². The smallest absolute Gasteiger partial charge is 0.219 e. The molecule has 4 nitrogen and oxygen atoms in total. The lowest BCUT2D eigenvalue weighted by Gasteiger charge is -2.16. The zero-order chi connectivity index (χ0) is 22.7. The van der Waals surface area contributed by atoms with E-state index in [1.165, 1.54) is 0 Å². The summed E-state index contributed by atoms with van der Waals surface area (Å²) in [5.74, 6) is -0.0133. The highest BCUT2D eigenvalue weighted by Gasteiger charge is 2.24. The number of carbonyl (C=O) groups is 2. The minimum Gasteiger partial charge on any atom is -0.437 e. The fourth-order valence-electron chi connectivity index (χ4n) is 3.30. The number of ether oxygens (including phenoxy) is 1. The van der Waals surface area contributed by atoms with Gasteiger partial charge in [-0.3, -0.25) is 9.59 Å². The van der Waals surface area contributed by atoms with Crippen molar-refractivity contribution in [2.75, 3.05) is 0 Å². The molecule has 158 valence electrons. The summed E-state index contributed by atoms with van der Waals surface area (Å²) in [7, 11) is 0. The highest BCUT2D eigenvalue weighted by atomic mass is 79.9. The molecule has 0 bridgehead atoms. The minimum atomic E-state index is -0.246. The Bertz CT molecular complexity index is 1240. The number of hydrogen-bond acceptors (Lipinski definition) is 4. The van der Waals surface area contributed by atoms with Gasteiger partial charge in [-0.1, -0.05) is 62.2 Å². The first-order valence-corrected chi connectivity index (χ1v) is 11.3. The number of rotatable bonds is 6. The molecule has 0 aliphatic heterocycles. The molecule has 6 heteroatoms. The Morgan fingerprint density at radius 1 is 0.750 bits per heavy atom. The lowest BCUT2D eigenvalue weighted by Crippen LogP contribution is -2.11. The Kier molecular flexibility index (Phi) is 6.63. The van der Waals surface area contributed by atoms with Gasteiger partial charge in [0, 0.05) is 32.3 Å². The number of aryl methyl sites for hydroxylation is 1. The fourth-order valence-corrected chi connectivity index (χ4v) is 4.10. The van der Waals surface area contributed by atoms with Gasteiger partial charge in [0.1, 0.15) is 0 Å². The molecule has 4 rings (SSSR count). The number of aromatic nitrogens is 1. The second-order valence-electron chi connectivity index (χ2n) is 7.14. The number of nitrogens with zero attached hydrogens (tertiary/aromatic N) is 1. The molecule has 3 aromatic carbocycles. The first-order chi connectivity index (χ1) is 15.4. The van der Waals surface area contributed by atoms with Crippen molar-refractivity contribution in [1.29, 1.82) is 0 Å². The summed E-state index contributed by atoms with van der Waals surface area (Å²) in [6, 6.07) is 22.9. The van der Waals surface area contributed by atoms with E-state index in [1.54, 1.807) is 72.9 Å². The SMILES string of the molecule is Cc1cc(C(=O)c2cccc(Br)c2)c(Oc2ccccn2)c(C(=O)c2cccc(Br)c2)c1. The lowest BCUT2D eigenvalue weighted by molar-refractivity contribution is 0.103. The van der Waals surface area contributed by atoms with E-state index in [-0.39, 0.29) is 17.3 Å². The van der Waals surface area contributed by atoms with Crippen LogP contribution in [-0.2, 0) is 0 Å². The number of halogens is 2. The molecule has 0 amide bonds. The maximum absolute atomic E-state index is 13.5. The Balaban J connectivity index is 1.91. The van der Waals surface area contributed by atoms with Crippen LogP contribution in [0.25, 0.3) is 0 Å². The van der Waals surface area contributed by atoms with E-state index >= 15 is 0 Å². The third-order valence-electron chi connectivity index (χ3n) is 4.74. The summed E-state index contributed by atoms with van der Waals surface area (Å²) in [6.07, 6.45) is 1.59. The summed E-state index contributed by atoms with van der Waals surface area (Å²) in [5, 5.41) is 0. The first-order valence-electron chi connectivity index (χ1n) is 9.76. The normalized spacial score (nSPS) is 10.6. The number of benzene rings is 3. The number of hydrogen-bond donors (Lipinski definition) is 0. The zero-order valence-corrected chi connectivity index (χ0v) is 20.2. The van der Waals surface area contributed by atoms with Gasteiger partial charge in [0.05, 0.1) is 11.1 Å². The van der Waals surface area contributed by atoms with Gasteiger partial charge < -0.3 is 4.74 Å². The van der Waals surface area contributed by atoms with Gasteiger partial charge in [0.15, 0.2) is 17.3 Å². The van der Waals surface area contributed by atoms with Crippen LogP contribution < -0.4 is 4.74 Å². The summed E-state index contributed by atoms with van der Waals surface area (Å²) in [5.41, 5.74) is 2.34. The standard InChI is InChI=1S/C26H17Br2NO3/c1-16-12-21(24(30)17-6-4-8-19(27)14-17)26(32-23-10-2-3-11-29-23)22(13-16)25(31)18-7-5-9-20(28)15-18/h2-15H,1H3. The molecule has 4 aromatic rings. The highest BCUT2D eigenvalue weighted by Crippen LogP contribution is 2.34. The molecule has 0 saturated heterocycles. The first kappa shape index (κ1) is 22.1. The maximum Gasteiger partial charge on any atom is 0.219 e. The molecule has 0 aliphatic carbocycles. The number of ketones is 2. The molecule has 0 spiro atoms. The van der Waals surface area contributed by atoms with Gasteiger partial charge in [-0.15, -0.1) is 0 Å². The van der Waals surface area contributed by atoms with Crippen molar-refractivity contribution in [2.24, 2.45) is 0 Å². The van der Waals surface area contributed by atoms with E-state index in [9.17, 15) is 9.59 Å². The minimum absolute atomic E-state index is 0.184. The molecule has 0 atom stereocenters. The van der Waals surface area contributed by atoms with Gasteiger partial charge >= 0.3 is 0 Å². The van der Waals surface area contributed by atoms with Crippen LogP contribution in [0.3, 0.4) is 0 Å². The van der Waals surface area contributed by atoms with Gasteiger partial charge in [0.2, 0.25) is 5.88 Å². The van der Waals surface area contributed by atoms with Gasteiger partial charge in [-0.2, -0.15) is 0 Å². The highest BCUT2D eigenvalue weighted by molar-refractivity contribution is 9.10. The fraction of sp³-hybridized carbons (Fsp3) is 0.0385. The molecule has 0 aliphatic rings. The third-order valence-corrected chi connectivity index (χ3v) is 5.73. The molecule has 0 saturated carbocycles. The van der Waals surface area contributed by atoms with E-state index in [0.717, 1.165) is 14.5 Å². The van der Waals surface area contributed by atoms with Crippen LogP contribution in [0.2, 0.25) is 0 Å². The molecule has 0 radical (unpaired) electrons. The molecule has 1 aromatic heterocycles. The predicted molar refractivity (Wildman–Crippen MR) is 131 cm³/mol. The number of carbonyl (C=O) groups excluding carboxylic acids is 2. The number of pyridine rings is 1. The molecular formula is C26H17Br2NO3. The largest absolute Gasteiger partial charge is 0.437 e. The van der Waals surface area contributed by atoms with Gasteiger partial charge in [0.25, 0.3) is 0 Å². The summed E-state index contributed by atoms with van der Waals surface area (Å²) >= 11 is 6.83. The second-order valence-corrected chi connectivity index (χ2v) is 8.97. The average molecular weight is 551 g/mol. The van der Waals surface area contributed by atoms with Crippen LogP contribution in [0.4, 0.5) is 0 Å². The van der Waals surface area contributed by atoms with Crippen molar-refractivity contribution in [1.82, 2.24) is 4.98 Å². The Morgan fingerprint density at radius 3 is 1.78 bits per heavy atom. The van der Waals surface area contributed by atoms with Crippen molar-refractivity contribution < 1.29 is 14.3 Å². The Morgan fingerprint density at radius 2 is 1.31 bits per heavy atom. The molecule has 0 unspecified atom stereocenters. The van der Waals surface area contributed by atoms with Crippen LogP contribution in [0, 0.1) is 6.92 Å². The van der Waals surface area contributed by atoms with Crippen LogP contribution in [-0.4, -0.2) is 16.6 Å². The lowest BCUT2D eigenvalue weighted by atomic mass is 9.93. The van der Waals surface area contributed by atoms with Crippen LogP contribution in [0.15, 0.2) is 94.0 Å². The summed E-state index contributed by atoms with van der Waals surface area (Å²) in [4.78, 5) is 31.2. The quantitative estimate of drug-likeness (QED) is 0.239. The molecule has 32 heavy (non-hydrogen) atoms. The van der Waals surface area contributed by atoms with Crippen molar-refractivity contribution in [3.63, 3.8) is 0 Å². The van der Waals surface area contributed by atoms with E-state index in [0.29, 0.717) is 28.1 Å². The van der Waals surface area contributed by atoms with Crippen LogP contribution in [0.1, 0.15) is 37.4 Å². The van der Waals surface area contributed by atoms with Gasteiger partial charge in [-0.05, 0) is 55.0 Å². The van der Waals surface area contributed by atoms with Crippen molar-refractivity contribution in [3.05, 3.63) is 122 Å². The van der Waals surface area contributed by atoms with Crippen LogP contribution >= 0.6 is 31.9 Å². The maximum atomic E-state index is 13.5. The molecule has 0 fully saturated rings. The monoisotopic (exact) mass is 549 g/mol. The molecule has 0 N–H and O–H groups in total. The predicted octanol–water partition coefficient (Wildman–Crippen LogP) is 7.17. The van der Waals surface area contributed by atoms with Crippen LogP contribution in [0.5, 0.6) is 11.6 Å². The Labute approximate surface area is 202 Å². The van der Waals surface area contributed by atoms with Gasteiger partial charge in [-0.25, -0.2) is 4.98 Å². The molecular weight excluding hydrogens is 534 g/mol. The van der Waals surface area contributed by atoms with E-state index < -0.39 is 0 Å². The van der Waals surface area contributed by atoms with E-state index in [2.05, 4.69) is 36.8 Å². The topological polar surface area (TPSA) is 56.3 Å². The zero-order valence-electron chi connectivity index (χ0n) is 17.0. The second kappa shape index (κ2) is 9.59. The summed E-state index contributed by atoms with van der Waals surface area (Å²) < 4.78 is 7.64.